The van der Waals surface area contributed by atoms with Gasteiger partial charge >= 0.3 is 0 Å². The normalized spacial score (nSPS) is 17.7. The number of likely N-dealkylation sites (tertiary alicyclic amines) is 1. The maximum atomic E-state index is 13.3. The summed E-state index contributed by atoms with van der Waals surface area (Å²) in [6.45, 7) is 2.95. The van der Waals surface area contributed by atoms with E-state index in [2.05, 4.69) is 39.1 Å². The van der Waals surface area contributed by atoms with Crippen molar-refractivity contribution in [3.63, 3.8) is 0 Å². The monoisotopic (exact) mass is 362 g/mol. The summed E-state index contributed by atoms with van der Waals surface area (Å²) < 4.78 is 13.3. The molecule has 0 amide bonds. The Balaban J connectivity index is 1.60. The maximum absolute atomic E-state index is 13.3. The Bertz CT molecular complexity index is 896. The summed E-state index contributed by atoms with van der Waals surface area (Å²) in [7, 11) is 0. The van der Waals surface area contributed by atoms with Gasteiger partial charge in [-0.25, -0.2) is 14.4 Å². The minimum atomic E-state index is -0.247. The number of benzene rings is 2. The third-order valence-corrected chi connectivity index (χ3v) is 5.13. The smallest absolute Gasteiger partial charge is 0.220 e. The van der Waals surface area contributed by atoms with Gasteiger partial charge in [-0.15, -0.1) is 0 Å². The summed E-state index contributed by atoms with van der Waals surface area (Å²) in [5.74, 6) is 0.326. The van der Waals surface area contributed by atoms with Gasteiger partial charge in [0.05, 0.1) is 5.69 Å². The van der Waals surface area contributed by atoms with E-state index in [0.717, 1.165) is 49.3 Å². The molecule has 1 aliphatic rings. The number of hydrogen-bond donors (Lipinski definition) is 1. The molecule has 2 heterocycles. The average molecular weight is 362 g/mol. The van der Waals surface area contributed by atoms with Gasteiger partial charge in [0.1, 0.15) is 5.82 Å². The Kier molecular flexibility index (Phi) is 5.12. The topological polar surface area (TPSA) is 55.0 Å². The Labute approximate surface area is 158 Å². The van der Waals surface area contributed by atoms with Crippen LogP contribution in [0.4, 0.5) is 10.3 Å². The van der Waals surface area contributed by atoms with E-state index >= 15 is 0 Å². The molecule has 0 radical (unpaired) electrons. The second-order valence-electron chi connectivity index (χ2n) is 7.09. The standard InChI is InChI=1S/C22H23FN4/c23-19-10-8-17(9-11-19)20-13-25-22(24)26-21(20)18-7-4-12-27(15-18)14-16-5-2-1-3-6-16/h1-3,5-6,8-11,13,18H,4,7,12,14-15H2,(H2,24,25,26)/t18-/m1/s1. The molecular weight excluding hydrogens is 339 g/mol. The van der Waals surface area contributed by atoms with Crippen molar-refractivity contribution in [3.05, 3.63) is 77.9 Å². The van der Waals surface area contributed by atoms with Gasteiger partial charge in [0.2, 0.25) is 5.95 Å². The zero-order valence-electron chi connectivity index (χ0n) is 15.2. The van der Waals surface area contributed by atoms with Crippen LogP contribution >= 0.6 is 0 Å². The predicted octanol–water partition coefficient (Wildman–Crippen LogP) is 4.24. The van der Waals surface area contributed by atoms with Crippen LogP contribution in [0.25, 0.3) is 11.1 Å². The minimum Gasteiger partial charge on any atom is -0.368 e. The van der Waals surface area contributed by atoms with Gasteiger partial charge in [0.25, 0.3) is 0 Å². The molecule has 0 spiro atoms. The first-order valence-electron chi connectivity index (χ1n) is 9.33. The first kappa shape index (κ1) is 17.6. The van der Waals surface area contributed by atoms with Crippen molar-refractivity contribution in [2.75, 3.05) is 18.8 Å². The molecule has 5 heteroatoms. The van der Waals surface area contributed by atoms with Crippen LogP contribution in [-0.4, -0.2) is 28.0 Å². The first-order valence-corrected chi connectivity index (χ1v) is 9.33. The van der Waals surface area contributed by atoms with Crippen molar-refractivity contribution >= 4 is 5.95 Å². The SMILES string of the molecule is Nc1ncc(-c2ccc(F)cc2)c([C@@H]2CCCN(Cc3ccccc3)C2)n1. The van der Waals surface area contributed by atoms with Crippen LogP contribution < -0.4 is 5.73 Å². The molecule has 1 atom stereocenters. The molecule has 1 aromatic heterocycles. The molecule has 2 N–H and O–H groups in total. The molecule has 2 aromatic carbocycles. The van der Waals surface area contributed by atoms with Gasteiger partial charge < -0.3 is 5.73 Å². The summed E-state index contributed by atoms with van der Waals surface area (Å²) >= 11 is 0. The van der Waals surface area contributed by atoms with Crippen molar-refractivity contribution in [2.45, 2.75) is 25.3 Å². The summed E-state index contributed by atoms with van der Waals surface area (Å²) in [4.78, 5) is 11.2. The largest absolute Gasteiger partial charge is 0.368 e. The molecule has 1 aliphatic heterocycles. The summed E-state index contributed by atoms with van der Waals surface area (Å²) in [6.07, 6.45) is 3.95. The number of hydrogen-bond acceptors (Lipinski definition) is 4. The molecular formula is C22H23FN4. The molecule has 0 bridgehead atoms. The van der Waals surface area contributed by atoms with Gasteiger partial charge in [-0.2, -0.15) is 0 Å². The fourth-order valence-electron chi connectivity index (χ4n) is 3.84. The van der Waals surface area contributed by atoms with Crippen LogP contribution in [0.5, 0.6) is 0 Å². The van der Waals surface area contributed by atoms with E-state index in [0.29, 0.717) is 0 Å². The van der Waals surface area contributed by atoms with E-state index in [-0.39, 0.29) is 17.7 Å². The first-order chi connectivity index (χ1) is 13.2. The molecule has 27 heavy (non-hydrogen) atoms. The highest BCUT2D eigenvalue weighted by atomic mass is 19.1. The average Bonchev–Trinajstić information content (AvgIpc) is 2.70. The van der Waals surface area contributed by atoms with E-state index in [1.54, 1.807) is 18.3 Å². The highest BCUT2D eigenvalue weighted by Crippen LogP contribution is 2.33. The Morgan fingerprint density at radius 3 is 2.63 bits per heavy atom. The van der Waals surface area contributed by atoms with Crippen LogP contribution in [0.1, 0.15) is 30.0 Å². The van der Waals surface area contributed by atoms with E-state index in [1.807, 2.05) is 6.07 Å². The molecule has 0 unspecified atom stereocenters. The molecule has 4 rings (SSSR count). The highest BCUT2D eigenvalue weighted by Gasteiger charge is 2.25. The number of halogens is 1. The lowest BCUT2D eigenvalue weighted by Gasteiger charge is -2.33. The second-order valence-corrected chi connectivity index (χ2v) is 7.09. The third kappa shape index (κ3) is 4.14. The molecule has 0 aliphatic carbocycles. The molecule has 0 saturated carbocycles. The predicted molar refractivity (Wildman–Crippen MR) is 106 cm³/mol. The van der Waals surface area contributed by atoms with E-state index < -0.39 is 0 Å². The quantitative estimate of drug-likeness (QED) is 0.754. The number of anilines is 1. The van der Waals surface area contributed by atoms with Crippen molar-refractivity contribution in [2.24, 2.45) is 0 Å². The van der Waals surface area contributed by atoms with E-state index in [4.69, 9.17) is 5.73 Å². The molecule has 1 saturated heterocycles. The van der Waals surface area contributed by atoms with E-state index in [1.165, 1.54) is 17.7 Å². The Morgan fingerprint density at radius 1 is 1.07 bits per heavy atom. The van der Waals surface area contributed by atoms with Gasteiger partial charge in [-0.1, -0.05) is 42.5 Å². The third-order valence-electron chi connectivity index (χ3n) is 5.13. The molecule has 1 fully saturated rings. The van der Waals surface area contributed by atoms with E-state index in [9.17, 15) is 4.39 Å². The summed E-state index contributed by atoms with van der Waals surface area (Å²) in [6, 6.07) is 17.0. The lowest BCUT2D eigenvalue weighted by Crippen LogP contribution is -2.34. The van der Waals surface area contributed by atoms with Gasteiger partial charge in [0, 0.05) is 30.8 Å². The van der Waals surface area contributed by atoms with Crippen LogP contribution in [-0.2, 0) is 6.54 Å². The van der Waals surface area contributed by atoms with Gasteiger partial charge in [-0.05, 0) is 42.6 Å². The van der Waals surface area contributed by atoms with Crippen LogP contribution in [0.2, 0.25) is 0 Å². The fraction of sp³-hybridized carbons (Fsp3) is 0.273. The molecule has 3 aromatic rings. The number of aromatic nitrogens is 2. The Morgan fingerprint density at radius 2 is 1.85 bits per heavy atom. The molecule has 4 nitrogen and oxygen atoms in total. The van der Waals surface area contributed by atoms with Crippen LogP contribution in [0.3, 0.4) is 0 Å². The van der Waals surface area contributed by atoms with Crippen molar-refractivity contribution in [1.82, 2.24) is 14.9 Å². The second kappa shape index (κ2) is 7.84. The highest BCUT2D eigenvalue weighted by molar-refractivity contribution is 5.66. The van der Waals surface area contributed by atoms with Crippen LogP contribution in [0.15, 0.2) is 60.8 Å². The maximum Gasteiger partial charge on any atom is 0.220 e. The Hall–Kier alpha value is -2.79. The van der Waals surface area contributed by atoms with Crippen molar-refractivity contribution in [1.29, 1.82) is 0 Å². The fourth-order valence-corrected chi connectivity index (χ4v) is 3.84. The van der Waals surface area contributed by atoms with Crippen molar-refractivity contribution < 1.29 is 4.39 Å². The zero-order valence-corrected chi connectivity index (χ0v) is 15.2. The summed E-state index contributed by atoms with van der Waals surface area (Å²) in [5, 5.41) is 0. The van der Waals surface area contributed by atoms with Crippen LogP contribution in [0, 0.1) is 5.82 Å². The van der Waals surface area contributed by atoms with Crippen molar-refractivity contribution in [3.8, 4) is 11.1 Å². The minimum absolute atomic E-state index is 0.247. The summed E-state index contributed by atoms with van der Waals surface area (Å²) in [5.41, 5.74) is 10.0. The molecule has 138 valence electrons. The lowest BCUT2D eigenvalue weighted by atomic mass is 9.89. The number of rotatable bonds is 4. The number of nitrogen functional groups attached to an aromatic ring is 1. The number of nitrogens with two attached hydrogens (primary N) is 1. The van der Waals surface area contributed by atoms with Gasteiger partial charge in [0.15, 0.2) is 0 Å². The number of nitrogens with zero attached hydrogens (tertiary/aromatic N) is 3. The van der Waals surface area contributed by atoms with Gasteiger partial charge in [-0.3, -0.25) is 4.90 Å². The zero-order chi connectivity index (χ0) is 18.6. The number of piperidine rings is 1. The lowest BCUT2D eigenvalue weighted by molar-refractivity contribution is 0.198.